The van der Waals surface area contributed by atoms with Crippen LogP contribution in [-0.2, 0) is 4.74 Å². The van der Waals surface area contributed by atoms with Crippen LogP contribution in [-0.4, -0.2) is 17.7 Å². The molecule has 0 aromatic carbocycles. The fourth-order valence-electron chi connectivity index (χ4n) is 2.43. The lowest BCUT2D eigenvalue weighted by Crippen LogP contribution is -2.33. The lowest BCUT2D eigenvalue weighted by molar-refractivity contribution is -0.0282. The van der Waals surface area contributed by atoms with E-state index in [1.165, 1.54) is 12.8 Å². The third-order valence-electron chi connectivity index (χ3n) is 3.54. The zero-order valence-corrected chi connectivity index (χ0v) is 10.7. The SMILES string of the molecule is CCOC1CC(CC(N)c2ccc(C)nc2)C1. The van der Waals surface area contributed by atoms with Gasteiger partial charge in [-0.3, -0.25) is 4.98 Å². The summed E-state index contributed by atoms with van der Waals surface area (Å²) in [6.45, 7) is 4.87. The van der Waals surface area contributed by atoms with Crippen molar-refractivity contribution in [1.82, 2.24) is 4.98 Å². The molecule has 1 fully saturated rings. The second-order valence-electron chi connectivity index (χ2n) is 4.99. The first-order chi connectivity index (χ1) is 8.19. The smallest absolute Gasteiger partial charge is 0.0580 e. The molecule has 0 aliphatic heterocycles. The maximum Gasteiger partial charge on any atom is 0.0580 e. The number of hydrogen-bond donors (Lipinski definition) is 1. The molecule has 3 nitrogen and oxygen atoms in total. The molecule has 3 heteroatoms. The van der Waals surface area contributed by atoms with E-state index < -0.39 is 0 Å². The second-order valence-corrected chi connectivity index (χ2v) is 4.99. The average molecular weight is 234 g/mol. The molecule has 0 radical (unpaired) electrons. The van der Waals surface area contributed by atoms with Crippen LogP contribution in [0.1, 0.15) is 43.5 Å². The van der Waals surface area contributed by atoms with Crippen LogP contribution in [0.15, 0.2) is 18.3 Å². The molecule has 1 unspecified atom stereocenters. The van der Waals surface area contributed by atoms with Crippen molar-refractivity contribution in [3.63, 3.8) is 0 Å². The van der Waals surface area contributed by atoms with E-state index in [4.69, 9.17) is 10.5 Å². The molecule has 1 aromatic heterocycles. The molecule has 2 N–H and O–H groups in total. The number of pyridine rings is 1. The fourth-order valence-corrected chi connectivity index (χ4v) is 2.43. The summed E-state index contributed by atoms with van der Waals surface area (Å²) in [5.41, 5.74) is 8.39. The van der Waals surface area contributed by atoms with E-state index in [0.29, 0.717) is 6.10 Å². The normalized spacial score (nSPS) is 25.4. The molecule has 1 atom stereocenters. The lowest BCUT2D eigenvalue weighted by atomic mass is 9.77. The van der Waals surface area contributed by atoms with Crippen LogP contribution in [0.2, 0.25) is 0 Å². The highest BCUT2D eigenvalue weighted by molar-refractivity contribution is 5.17. The van der Waals surface area contributed by atoms with E-state index in [0.717, 1.165) is 30.2 Å². The van der Waals surface area contributed by atoms with Gasteiger partial charge in [-0.1, -0.05) is 6.07 Å². The molecule has 1 aliphatic carbocycles. The molecule has 1 heterocycles. The Labute approximate surface area is 103 Å². The van der Waals surface area contributed by atoms with E-state index >= 15 is 0 Å². The van der Waals surface area contributed by atoms with Gasteiger partial charge in [0.1, 0.15) is 0 Å². The molecule has 94 valence electrons. The van der Waals surface area contributed by atoms with Crippen LogP contribution in [0.3, 0.4) is 0 Å². The molecule has 1 aromatic rings. The van der Waals surface area contributed by atoms with Gasteiger partial charge < -0.3 is 10.5 Å². The molecule has 1 saturated carbocycles. The summed E-state index contributed by atoms with van der Waals surface area (Å²) in [4.78, 5) is 4.29. The number of nitrogens with two attached hydrogens (primary N) is 1. The van der Waals surface area contributed by atoms with Gasteiger partial charge in [0.05, 0.1) is 6.10 Å². The van der Waals surface area contributed by atoms with Crippen LogP contribution in [0.5, 0.6) is 0 Å². The summed E-state index contributed by atoms with van der Waals surface area (Å²) in [5, 5.41) is 0. The Balaban J connectivity index is 1.78. The molecule has 0 spiro atoms. The van der Waals surface area contributed by atoms with Crippen molar-refractivity contribution in [3.05, 3.63) is 29.6 Å². The molecular formula is C14H22N2O. The fraction of sp³-hybridized carbons (Fsp3) is 0.643. The van der Waals surface area contributed by atoms with Gasteiger partial charge in [-0.15, -0.1) is 0 Å². The van der Waals surface area contributed by atoms with Gasteiger partial charge in [0, 0.05) is 24.5 Å². The van der Waals surface area contributed by atoms with Crippen LogP contribution in [0.4, 0.5) is 0 Å². The van der Waals surface area contributed by atoms with Crippen molar-refractivity contribution in [2.45, 2.75) is 45.3 Å². The monoisotopic (exact) mass is 234 g/mol. The van der Waals surface area contributed by atoms with E-state index in [-0.39, 0.29) is 6.04 Å². The Morgan fingerprint density at radius 3 is 2.82 bits per heavy atom. The van der Waals surface area contributed by atoms with Crippen molar-refractivity contribution < 1.29 is 4.74 Å². The highest BCUT2D eigenvalue weighted by atomic mass is 16.5. The van der Waals surface area contributed by atoms with Gasteiger partial charge in [0.25, 0.3) is 0 Å². The molecule has 1 aliphatic rings. The minimum Gasteiger partial charge on any atom is -0.378 e. The van der Waals surface area contributed by atoms with Gasteiger partial charge in [0.15, 0.2) is 0 Å². The molecule has 0 bridgehead atoms. The maximum atomic E-state index is 6.19. The number of nitrogens with zero attached hydrogens (tertiary/aromatic N) is 1. The van der Waals surface area contributed by atoms with Gasteiger partial charge in [-0.05, 0) is 50.7 Å². The van der Waals surface area contributed by atoms with E-state index in [9.17, 15) is 0 Å². The molecular weight excluding hydrogens is 212 g/mol. The predicted octanol–water partition coefficient (Wildman–Crippen LogP) is 2.60. The molecule has 17 heavy (non-hydrogen) atoms. The largest absolute Gasteiger partial charge is 0.378 e. The minimum absolute atomic E-state index is 0.121. The summed E-state index contributed by atoms with van der Waals surface area (Å²) in [6.07, 6.45) is 5.77. The number of aryl methyl sites for hydroxylation is 1. The van der Waals surface area contributed by atoms with Crippen LogP contribution >= 0.6 is 0 Å². The predicted molar refractivity (Wildman–Crippen MR) is 68.7 cm³/mol. The Morgan fingerprint density at radius 1 is 1.47 bits per heavy atom. The van der Waals surface area contributed by atoms with Crippen LogP contribution in [0.25, 0.3) is 0 Å². The van der Waals surface area contributed by atoms with Gasteiger partial charge >= 0.3 is 0 Å². The van der Waals surface area contributed by atoms with Gasteiger partial charge in [-0.25, -0.2) is 0 Å². The summed E-state index contributed by atoms with van der Waals surface area (Å²) < 4.78 is 5.56. The third-order valence-corrected chi connectivity index (χ3v) is 3.54. The van der Waals surface area contributed by atoms with Crippen molar-refractivity contribution in [2.75, 3.05) is 6.61 Å². The first-order valence-electron chi connectivity index (χ1n) is 6.48. The maximum absolute atomic E-state index is 6.19. The molecule has 0 amide bonds. The zero-order valence-electron chi connectivity index (χ0n) is 10.7. The topological polar surface area (TPSA) is 48.1 Å². The Hall–Kier alpha value is -0.930. The van der Waals surface area contributed by atoms with E-state index in [2.05, 4.69) is 18.0 Å². The number of hydrogen-bond acceptors (Lipinski definition) is 3. The Morgan fingerprint density at radius 2 is 2.24 bits per heavy atom. The van der Waals surface area contributed by atoms with Crippen molar-refractivity contribution in [2.24, 2.45) is 11.7 Å². The second kappa shape index (κ2) is 5.61. The van der Waals surface area contributed by atoms with Crippen LogP contribution in [0, 0.1) is 12.8 Å². The summed E-state index contributed by atoms with van der Waals surface area (Å²) in [5.74, 6) is 0.725. The Kier molecular flexibility index (Phi) is 4.13. The highest BCUT2D eigenvalue weighted by Crippen LogP contribution is 2.36. The number of aromatic nitrogens is 1. The minimum atomic E-state index is 0.121. The highest BCUT2D eigenvalue weighted by Gasteiger charge is 2.30. The average Bonchev–Trinajstić information content (AvgIpc) is 2.27. The first-order valence-corrected chi connectivity index (χ1v) is 6.48. The van der Waals surface area contributed by atoms with E-state index in [1.54, 1.807) is 0 Å². The Bertz CT molecular complexity index is 344. The van der Waals surface area contributed by atoms with E-state index in [1.807, 2.05) is 19.2 Å². The zero-order chi connectivity index (χ0) is 12.3. The van der Waals surface area contributed by atoms with Gasteiger partial charge in [-0.2, -0.15) is 0 Å². The molecule has 0 saturated heterocycles. The summed E-state index contributed by atoms with van der Waals surface area (Å²) in [6, 6.07) is 4.24. The lowest BCUT2D eigenvalue weighted by Gasteiger charge is -2.36. The molecule has 2 rings (SSSR count). The summed E-state index contributed by atoms with van der Waals surface area (Å²) in [7, 11) is 0. The van der Waals surface area contributed by atoms with Crippen molar-refractivity contribution in [1.29, 1.82) is 0 Å². The van der Waals surface area contributed by atoms with Crippen LogP contribution < -0.4 is 5.73 Å². The first kappa shape index (κ1) is 12.5. The van der Waals surface area contributed by atoms with Gasteiger partial charge in [0.2, 0.25) is 0 Å². The third kappa shape index (κ3) is 3.27. The van der Waals surface area contributed by atoms with Crippen molar-refractivity contribution >= 4 is 0 Å². The van der Waals surface area contributed by atoms with Crippen molar-refractivity contribution in [3.8, 4) is 0 Å². The number of ether oxygens (including phenoxy) is 1. The summed E-state index contributed by atoms with van der Waals surface area (Å²) >= 11 is 0. The number of rotatable bonds is 5. The standard InChI is InChI=1S/C14H22N2O/c1-3-17-13-6-11(7-13)8-14(15)12-5-4-10(2)16-9-12/h4-5,9,11,13-14H,3,6-8,15H2,1-2H3. The quantitative estimate of drug-likeness (QED) is 0.852.